The minimum atomic E-state index is -0.310. The van der Waals surface area contributed by atoms with Crippen LogP contribution < -0.4 is 24.2 Å². The fourth-order valence-electron chi connectivity index (χ4n) is 1.21. The third-order valence-corrected chi connectivity index (χ3v) is 2.06. The third kappa shape index (κ3) is 4.32. The van der Waals surface area contributed by atoms with Gasteiger partial charge < -0.3 is 10.3 Å². The van der Waals surface area contributed by atoms with E-state index in [4.69, 9.17) is 0 Å². The Hall–Kier alpha value is -1.63. The van der Waals surface area contributed by atoms with Gasteiger partial charge in [-0.25, -0.2) is 8.78 Å². The van der Waals surface area contributed by atoms with Crippen molar-refractivity contribution in [3.8, 4) is 0 Å². The van der Waals surface area contributed by atoms with E-state index in [-0.39, 0.29) is 30.5 Å². The molecule has 2 aromatic rings. The summed E-state index contributed by atoms with van der Waals surface area (Å²) in [6.07, 6.45) is 2.59. The van der Waals surface area contributed by atoms with Crippen molar-refractivity contribution in [1.82, 2.24) is 0 Å². The van der Waals surface area contributed by atoms with Gasteiger partial charge in [0.1, 0.15) is 11.6 Å². The Morgan fingerprint density at radius 3 is 1.89 bits per heavy atom. The monoisotopic (exact) mass is 238 g/mol. The molecule has 2 rings (SSSR count). The van der Waals surface area contributed by atoms with E-state index in [0.29, 0.717) is 11.4 Å². The molecule has 2 nitrogen and oxygen atoms in total. The first-order valence-corrected chi connectivity index (χ1v) is 4.97. The zero-order valence-corrected chi connectivity index (χ0v) is 9.82. The van der Waals surface area contributed by atoms with E-state index in [1.54, 1.807) is 12.1 Å². The second kappa shape index (κ2) is 6.95. The molecule has 0 aliphatic rings. The standard InChI is InChI=1S/C13H9F2N2.Li/c14-10-1-5-12(6-2-10)16-9-17-13-7-3-11(15)4-8-13;/h1-8H,(H,16,17);/q-1;+1. The van der Waals surface area contributed by atoms with Crippen molar-refractivity contribution in [3.05, 3.63) is 60.2 Å². The second-order valence-electron chi connectivity index (χ2n) is 3.33. The van der Waals surface area contributed by atoms with Crippen LogP contribution in [0, 0.1) is 11.6 Å². The zero-order valence-electron chi connectivity index (χ0n) is 9.82. The van der Waals surface area contributed by atoms with Crippen LogP contribution in [0.5, 0.6) is 0 Å². The van der Waals surface area contributed by atoms with E-state index in [0.717, 1.165) is 0 Å². The summed E-state index contributed by atoms with van der Waals surface area (Å²) in [6, 6.07) is 11.5. The van der Waals surface area contributed by atoms with Crippen molar-refractivity contribution in [2.45, 2.75) is 0 Å². The molecule has 0 spiro atoms. The molecular formula is C13H9F2LiN2. The van der Waals surface area contributed by atoms with Crippen LogP contribution in [-0.2, 0) is 0 Å². The van der Waals surface area contributed by atoms with Gasteiger partial charge in [-0.15, -0.1) is 0 Å². The molecule has 0 aliphatic carbocycles. The first-order chi connectivity index (χ1) is 8.24. The summed E-state index contributed by atoms with van der Waals surface area (Å²) in [5, 5.41) is 2.76. The van der Waals surface area contributed by atoms with Crippen molar-refractivity contribution in [2.24, 2.45) is 4.99 Å². The minimum Gasteiger partial charge on any atom is -0.452 e. The first-order valence-electron chi connectivity index (χ1n) is 4.97. The Morgan fingerprint density at radius 2 is 1.33 bits per heavy atom. The average molecular weight is 238 g/mol. The molecular weight excluding hydrogens is 229 g/mol. The maximum Gasteiger partial charge on any atom is 1.00 e. The minimum absolute atomic E-state index is 0. The number of rotatable bonds is 3. The molecule has 0 radical (unpaired) electrons. The third-order valence-electron chi connectivity index (χ3n) is 2.06. The summed E-state index contributed by atoms with van der Waals surface area (Å²) in [5.41, 5.74) is 1.26. The Labute approximate surface area is 116 Å². The maximum absolute atomic E-state index is 12.6. The van der Waals surface area contributed by atoms with Crippen LogP contribution in [0.1, 0.15) is 0 Å². The molecule has 0 amide bonds. The van der Waals surface area contributed by atoms with Crippen molar-refractivity contribution in [2.75, 3.05) is 5.32 Å². The number of nitrogens with zero attached hydrogens (tertiary/aromatic N) is 1. The van der Waals surface area contributed by atoms with Crippen molar-refractivity contribution >= 4 is 17.7 Å². The summed E-state index contributed by atoms with van der Waals surface area (Å²) >= 11 is 0. The van der Waals surface area contributed by atoms with Crippen molar-refractivity contribution in [1.29, 1.82) is 0 Å². The van der Waals surface area contributed by atoms with Crippen LogP contribution in [0.25, 0.3) is 0 Å². The largest absolute Gasteiger partial charge is 1.00 e. The fraction of sp³-hybridized carbons (Fsp3) is 0. The summed E-state index contributed by atoms with van der Waals surface area (Å²) in [7, 11) is 0. The maximum atomic E-state index is 12.6. The molecule has 0 atom stereocenters. The molecule has 2 aromatic carbocycles. The van der Waals surface area contributed by atoms with Crippen LogP contribution in [0.15, 0.2) is 53.5 Å². The van der Waals surface area contributed by atoms with Crippen LogP contribution >= 0.6 is 0 Å². The number of aliphatic imine (C=N–C) groups is 1. The molecule has 5 heteroatoms. The topological polar surface area (TPSA) is 24.4 Å². The summed E-state index contributed by atoms with van der Waals surface area (Å²) in [6.45, 7) is 0. The van der Waals surface area contributed by atoms with Crippen molar-refractivity contribution < 1.29 is 27.6 Å². The van der Waals surface area contributed by atoms with Gasteiger partial charge in [-0.05, 0) is 30.0 Å². The Bertz CT molecular complexity index is 510. The van der Waals surface area contributed by atoms with Gasteiger partial charge >= 0.3 is 18.9 Å². The Kier molecular flexibility index (Phi) is 5.57. The van der Waals surface area contributed by atoms with Crippen molar-refractivity contribution in [3.63, 3.8) is 0 Å². The molecule has 0 bridgehead atoms. The van der Waals surface area contributed by atoms with Gasteiger partial charge in [-0.3, -0.25) is 0 Å². The van der Waals surface area contributed by atoms with E-state index in [2.05, 4.69) is 16.6 Å². The average Bonchev–Trinajstić information content (AvgIpc) is 2.34. The number of nitrogens with one attached hydrogen (secondary N) is 1. The number of hydrogen-bond donors (Lipinski definition) is 1. The predicted octanol–water partition coefficient (Wildman–Crippen LogP) is 0.618. The van der Waals surface area contributed by atoms with E-state index in [1.807, 2.05) is 0 Å². The molecule has 0 fully saturated rings. The predicted molar refractivity (Wildman–Crippen MR) is 63.5 cm³/mol. The van der Waals surface area contributed by atoms with Crippen LogP contribution in [0.3, 0.4) is 0 Å². The smallest absolute Gasteiger partial charge is 0.452 e. The van der Waals surface area contributed by atoms with E-state index >= 15 is 0 Å². The normalized spacial score (nSPS) is 10.1. The van der Waals surface area contributed by atoms with Gasteiger partial charge in [-0.2, -0.15) is 0 Å². The number of hydrogen-bond acceptors (Lipinski definition) is 1. The van der Waals surface area contributed by atoms with E-state index in [9.17, 15) is 8.78 Å². The number of halogens is 2. The van der Waals surface area contributed by atoms with E-state index in [1.165, 1.54) is 36.4 Å². The molecule has 0 saturated carbocycles. The number of benzene rings is 2. The quantitative estimate of drug-likeness (QED) is 0.274. The fourth-order valence-corrected chi connectivity index (χ4v) is 1.21. The molecule has 86 valence electrons. The first kappa shape index (κ1) is 14.4. The summed E-state index contributed by atoms with van der Waals surface area (Å²) in [4.78, 5) is 3.94. The van der Waals surface area contributed by atoms with Crippen LogP contribution in [0.2, 0.25) is 0 Å². The number of anilines is 1. The molecule has 18 heavy (non-hydrogen) atoms. The van der Waals surface area contributed by atoms with Gasteiger partial charge in [0.25, 0.3) is 0 Å². The molecule has 0 unspecified atom stereocenters. The molecule has 0 aromatic heterocycles. The van der Waals surface area contributed by atoms with Gasteiger partial charge in [0.05, 0.1) is 0 Å². The molecule has 1 N–H and O–H groups in total. The summed E-state index contributed by atoms with van der Waals surface area (Å²) < 4.78 is 25.2. The second-order valence-corrected chi connectivity index (χ2v) is 3.33. The zero-order chi connectivity index (χ0) is 12.1. The van der Waals surface area contributed by atoms with Gasteiger partial charge in [-0.1, -0.05) is 30.0 Å². The Balaban J connectivity index is 0.00000162. The Morgan fingerprint density at radius 1 is 0.833 bits per heavy atom. The summed E-state index contributed by atoms with van der Waals surface area (Å²) in [5.74, 6) is -0.610. The molecule has 0 saturated heterocycles. The molecule has 0 heterocycles. The van der Waals surface area contributed by atoms with E-state index < -0.39 is 0 Å². The van der Waals surface area contributed by atoms with Gasteiger partial charge in [0, 0.05) is 6.34 Å². The van der Waals surface area contributed by atoms with Gasteiger partial charge in [0.15, 0.2) is 0 Å². The van der Waals surface area contributed by atoms with Crippen LogP contribution in [-0.4, -0.2) is 6.34 Å². The van der Waals surface area contributed by atoms with Crippen LogP contribution in [0.4, 0.5) is 20.2 Å². The van der Waals surface area contributed by atoms with Gasteiger partial charge in [0.2, 0.25) is 0 Å². The SMILES string of the molecule is Fc1ccc(N=[C-]Nc2ccc(F)cc2)cc1.[Li+]. The molecule has 0 aliphatic heterocycles.